The zero-order valence-electron chi connectivity index (χ0n) is 17.0. The Morgan fingerprint density at radius 2 is 1.73 bits per heavy atom. The Hall–Kier alpha value is -2.70. The third-order valence-electron chi connectivity index (χ3n) is 5.71. The summed E-state index contributed by atoms with van der Waals surface area (Å²) in [5, 5.41) is 5.66. The first-order valence-electron chi connectivity index (χ1n) is 10.2. The van der Waals surface area contributed by atoms with Crippen LogP contribution in [0.5, 0.6) is 0 Å². The molecule has 156 valence electrons. The standard InChI is InChI=1S/C24H26N2O3S/c1-18(20-12-11-19-7-5-6-8-21(19)15-20)25-16-24(27)26(22-9-3-2-4-10-22)23-13-14-30(28,29)17-23/h2-12,15,18,23,25H,13-14,16-17H2,1H3/t18-,23-/m1/s1. The van der Waals surface area contributed by atoms with Crippen molar-refractivity contribution >= 4 is 32.2 Å². The van der Waals surface area contributed by atoms with Crippen LogP contribution in [-0.4, -0.2) is 38.4 Å². The molecule has 1 heterocycles. The number of rotatable bonds is 6. The van der Waals surface area contributed by atoms with E-state index in [-0.39, 0.29) is 36.0 Å². The summed E-state index contributed by atoms with van der Waals surface area (Å²) in [7, 11) is -3.09. The molecule has 0 aliphatic carbocycles. The van der Waals surface area contributed by atoms with E-state index in [9.17, 15) is 13.2 Å². The monoisotopic (exact) mass is 422 g/mol. The molecule has 0 spiro atoms. The predicted octanol–water partition coefficient (Wildman–Crippen LogP) is 3.71. The van der Waals surface area contributed by atoms with Crippen molar-refractivity contribution in [2.45, 2.75) is 25.4 Å². The fraction of sp³-hybridized carbons (Fsp3) is 0.292. The van der Waals surface area contributed by atoms with Crippen LogP contribution in [0.4, 0.5) is 5.69 Å². The van der Waals surface area contributed by atoms with Gasteiger partial charge in [-0.25, -0.2) is 8.42 Å². The Morgan fingerprint density at radius 1 is 1.03 bits per heavy atom. The minimum atomic E-state index is -3.09. The number of benzene rings is 3. The van der Waals surface area contributed by atoms with E-state index in [1.165, 1.54) is 5.39 Å². The van der Waals surface area contributed by atoms with Gasteiger partial charge in [0.15, 0.2) is 9.84 Å². The van der Waals surface area contributed by atoms with Crippen LogP contribution >= 0.6 is 0 Å². The second-order valence-electron chi connectivity index (χ2n) is 7.87. The first-order valence-corrected chi connectivity index (χ1v) is 12.0. The van der Waals surface area contributed by atoms with E-state index in [4.69, 9.17) is 0 Å². The summed E-state index contributed by atoms with van der Waals surface area (Å²) in [6.45, 7) is 2.17. The van der Waals surface area contributed by atoms with Gasteiger partial charge < -0.3 is 10.2 Å². The number of anilines is 1. The minimum absolute atomic E-state index is 0.0107. The SMILES string of the molecule is C[C@@H](NCC(=O)N(c1ccccc1)[C@@H]1CCS(=O)(=O)C1)c1ccc2ccccc2c1. The Balaban J connectivity index is 1.49. The lowest BCUT2D eigenvalue weighted by molar-refractivity contribution is -0.118. The molecule has 0 unspecified atom stereocenters. The molecule has 1 fully saturated rings. The molecule has 1 amide bonds. The lowest BCUT2D eigenvalue weighted by Crippen LogP contribution is -2.46. The molecule has 4 rings (SSSR count). The molecule has 1 saturated heterocycles. The number of nitrogens with zero attached hydrogens (tertiary/aromatic N) is 1. The number of nitrogens with one attached hydrogen (secondary N) is 1. The fourth-order valence-electron chi connectivity index (χ4n) is 4.05. The van der Waals surface area contributed by atoms with Gasteiger partial charge in [-0.2, -0.15) is 0 Å². The molecule has 30 heavy (non-hydrogen) atoms. The zero-order valence-corrected chi connectivity index (χ0v) is 17.8. The number of carbonyl (C=O) groups is 1. The Labute approximate surface area is 177 Å². The van der Waals surface area contributed by atoms with Crippen molar-refractivity contribution in [3.8, 4) is 0 Å². The summed E-state index contributed by atoms with van der Waals surface area (Å²) >= 11 is 0. The summed E-state index contributed by atoms with van der Waals surface area (Å²) in [4.78, 5) is 14.8. The van der Waals surface area contributed by atoms with Gasteiger partial charge in [-0.05, 0) is 47.9 Å². The highest BCUT2D eigenvalue weighted by Crippen LogP contribution is 2.25. The molecular weight excluding hydrogens is 396 g/mol. The van der Waals surface area contributed by atoms with E-state index in [0.717, 1.165) is 16.6 Å². The van der Waals surface area contributed by atoms with Crippen molar-refractivity contribution in [2.75, 3.05) is 23.0 Å². The van der Waals surface area contributed by atoms with Gasteiger partial charge in [0.05, 0.1) is 24.1 Å². The third-order valence-corrected chi connectivity index (χ3v) is 7.46. The number of hydrogen-bond donors (Lipinski definition) is 1. The van der Waals surface area contributed by atoms with Crippen LogP contribution in [0.3, 0.4) is 0 Å². The van der Waals surface area contributed by atoms with Crippen molar-refractivity contribution in [3.63, 3.8) is 0 Å². The number of carbonyl (C=O) groups excluding carboxylic acids is 1. The maximum Gasteiger partial charge on any atom is 0.241 e. The normalized spacial score (nSPS) is 18.9. The number of para-hydroxylation sites is 1. The van der Waals surface area contributed by atoms with E-state index in [1.807, 2.05) is 49.4 Å². The van der Waals surface area contributed by atoms with Crippen molar-refractivity contribution in [1.82, 2.24) is 5.32 Å². The van der Waals surface area contributed by atoms with Crippen LogP contribution in [0.2, 0.25) is 0 Å². The fourth-order valence-corrected chi connectivity index (χ4v) is 5.75. The van der Waals surface area contributed by atoms with Gasteiger partial charge in [-0.3, -0.25) is 4.79 Å². The van der Waals surface area contributed by atoms with Gasteiger partial charge in [0.1, 0.15) is 0 Å². The number of amides is 1. The van der Waals surface area contributed by atoms with E-state index in [2.05, 4.69) is 35.6 Å². The van der Waals surface area contributed by atoms with E-state index < -0.39 is 9.84 Å². The smallest absolute Gasteiger partial charge is 0.241 e. The highest BCUT2D eigenvalue weighted by Gasteiger charge is 2.35. The molecule has 2 atom stereocenters. The largest absolute Gasteiger partial charge is 0.307 e. The van der Waals surface area contributed by atoms with Crippen LogP contribution in [0.25, 0.3) is 10.8 Å². The highest BCUT2D eigenvalue weighted by atomic mass is 32.2. The average molecular weight is 423 g/mol. The maximum absolute atomic E-state index is 13.2. The van der Waals surface area contributed by atoms with Crippen molar-refractivity contribution < 1.29 is 13.2 Å². The second-order valence-corrected chi connectivity index (χ2v) is 10.1. The molecule has 0 saturated carbocycles. The topological polar surface area (TPSA) is 66.5 Å². The van der Waals surface area contributed by atoms with Crippen LogP contribution < -0.4 is 10.2 Å². The molecule has 3 aromatic carbocycles. The molecule has 6 heteroatoms. The molecule has 5 nitrogen and oxygen atoms in total. The Bertz CT molecular complexity index is 1150. The van der Waals surface area contributed by atoms with Crippen LogP contribution in [0, 0.1) is 0 Å². The molecule has 1 aliphatic heterocycles. The van der Waals surface area contributed by atoms with Crippen LogP contribution in [0.15, 0.2) is 72.8 Å². The van der Waals surface area contributed by atoms with Crippen molar-refractivity contribution in [1.29, 1.82) is 0 Å². The molecule has 3 aromatic rings. The molecule has 1 aliphatic rings. The number of sulfone groups is 1. The summed E-state index contributed by atoms with van der Waals surface area (Å²) in [5.74, 6) is 0.0409. The van der Waals surface area contributed by atoms with E-state index >= 15 is 0 Å². The van der Waals surface area contributed by atoms with Gasteiger partial charge in [0, 0.05) is 11.7 Å². The summed E-state index contributed by atoms with van der Waals surface area (Å²) < 4.78 is 24.0. The van der Waals surface area contributed by atoms with Crippen molar-refractivity contribution in [3.05, 3.63) is 78.4 Å². The molecular formula is C24H26N2O3S. The number of fused-ring (bicyclic) bond motifs is 1. The van der Waals surface area contributed by atoms with Crippen molar-refractivity contribution in [2.24, 2.45) is 0 Å². The lowest BCUT2D eigenvalue weighted by atomic mass is 10.0. The third kappa shape index (κ3) is 4.55. The van der Waals surface area contributed by atoms with Crippen LogP contribution in [0.1, 0.15) is 24.9 Å². The first kappa shape index (κ1) is 20.6. The van der Waals surface area contributed by atoms with Gasteiger partial charge in [-0.15, -0.1) is 0 Å². The van der Waals surface area contributed by atoms with E-state index in [1.54, 1.807) is 4.90 Å². The zero-order chi connectivity index (χ0) is 21.1. The van der Waals surface area contributed by atoms with Gasteiger partial charge in [0.25, 0.3) is 0 Å². The Morgan fingerprint density at radius 3 is 2.43 bits per heavy atom. The van der Waals surface area contributed by atoms with Gasteiger partial charge >= 0.3 is 0 Å². The average Bonchev–Trinajstić information content (AvgIpc) is 3.11. The second kappa shape index (κ2) is 8.58. The quantitative estimate of drug-likeness (QED) is 0.658. The molecule has 0 bridgehead atoms. The Kier molecular flexibility index (Phi) is 5.88. The maximum atomic E-state index is 13.2. The van der Waals surface area contributed by atoms with Gasteiger partial charge in [-0.1, -0.05) is 54.6 Å². The highest BCUT2D eigenvalue weighted by molar-refractivity contribution is 7.91. The lowest BCUT2D eigenvalue weighted by Gasteiger charge is -2.29. The van der Waals surface area contributed by atoms with Crippen LogP contribution in [-0.2, 0) is 14.6 Å². The summed E-state index contributed by atoms with van der Waals surface area (Å²) in [6, 6.07) is 23.5. The van der Waals surface area contributed by atoms with Gasteiger partial charge in [0.2, 0.25) is 5.91 Å². The predicted molar refractivity (Wildman–Crippen MR) is 121 cm³/mol. The molecule has 0 aromatic heterocycles. The summed E-state index contributed by atoms with van der Waals surface area (Å²) in [5.41, 5.74) is 1.85. The molecule has 0 radical (unpaired) electrons. The number of hydrogen-bond acceptors (Lipinski definition) is 4. The molecule has 1 N–H and O–H groups in total. The minimum Gasteiger partial charge on any atom is -0.307 e. The van der Waals surface area contributed by atoms with E-state index in [0.29, 0.717) is 6.42 Å². The first-order chi connectivity index (χ1) is 14.4. The summed E-state index contributed by atoms with van der Waals surface area (Å²) in [6.07, 6.45) is 0.475.